The summed E-state index contributed by atoms with van der Waals surface area (Å²) in [6, 6.07) is 1.87. The molecule has 0 amide bonds. The fraction of sp³-hybridized carbons (Fsp3) is 0.182. The molecule has 0 bridgehead atoms. The average Bonchev–Trinajstić information content (AvgIpc) is 2.29. The molecule has 0 atom stereocenters. The van der Waals surface area contributed by atoms with Crippen LogP contribution in [0.25, 0.3) is 11.3 Å². The van der Waals surface area contributed by atoms with E-state index in [1.165, 1.54) is 0 Å². The maximum absolute atomic E-state index is 5.84. The zero-order chi connectivity index (χ0) is 11.5. The summed E-state index contributed by atoms with van der Waals surface area (Å²) in [4.78, 5) is 12.4. The predicted molar refractivity (Wildman–Crippen MR) is 61.0 cm³/mol. The second-order valence-corrected chi connectivity index (χ2v) is 3.30. The Morgan fingerprint density at radius 2 is 1.88 bits per heavy atom. The van der Waals surface area contributed by atoms with E-state index in [9.17, 15) is 0 Å². The summed E-state index contributed by atoms with van der Waals surface area (Å²) in [7, 11) is 1.55. The number of ether oxygens (including phenoxy) is 1. The zero-order valence-electron chi connectivity index (χ0n) is 9.14. The summed E-state index contributed by atoms with van der Waals surface area (Å²) < 4.78 is 5.15. The van der Waals surface area contributed by atoms with Crippen molar-refractivity contribution in [3.8, 4) is 17.1 Å². The number of pyridine rings is 1. The van der Waals surface area contributed by atoms with Crippen molar-refractivity contribution < 1.29 is 4.74 Å². The molecule has 0 spiro atoms. The van der Waals surface area contributed by atoms with Crippen molar-refractivity contribution in [2.75, 3.05) is 12.8 Å². The molecule has 0 aromatic carbocycles. The van der Waals surface area contributed by atoms with Crippen molar-refractivity contribution in [1.82, 2.24) is 15.0 Å². The predicted octanol–water partition coefficient (Wildman–Crippen LogP) is 1.44. The van der Waals surface area contributed by atoms with Crippen molar-refractivity contribution in [1.29, 1.82) is 0 Å². The fourth-order valence-corrected chi connectivity index (χ4v) is 1.53. The molecule has 2 heterocycles. The Bertz CT molecular complexity index is 493. The Morgan fingerprint density at radius 3 is 2.56 bits per heavy atom. The molecule has 0 aliphatic heterocycles. The highest BCUT2D eigenvalue weighted by Crippen LogP contribution is 2.31. The molecule has 0 unspecified atom stereocenters. The molecule has 0 fully saturated rings. The number of hydrogen-bond donors (Lipinski definition) is 1. The van der Waals surface area contributed by atoms with Gasteiger partial charge in [0.2, 0.25) is 5.88 Å². The van der Waals surface area contributed by atoms with Crippen molar-refractivity contribution in [2.45, 2.75) is 6.92 Å². The lowest BCUT2D eigenvalue weighted by atomic mass is 10.1. The molecule has 0 saturated heterocycles. The van der Waals surface area contributed by atoms with Crippen molar-refractivity contribution >= 4 is 5.82 Å². The minimum atomic E-state index is 0.429. The van der Waals surface area contributed by atoms with E-state index in [-0.39, 0.29) is 0 Å². The Balaban J connectivity index is 2.67. The first kappa shape index (κ1) is 10.4. The van der Waals surface area contributed by atoms with Gasteiger partial charge in [0.05, 0.1) is 12.7 Å². The van der Waals surface area contributed by atoms with E-state index in [0.717, 1.165) is 11.1 Å². The van der Waals surface area contributed by atoms with Gasteiger partial charge in [-0.1, -0.05) is 0 Å². The largest absolute Gasteiger partial charge is 0.479 e. The molecular weight excluding hydrogens is 204 g/mol. The normalized spacial score (nSPS) is 10.1. The van der Waals surface area contributed by atoms with Crippen LogP contribution >= 0.6 is 0 Å². The van der Waals surface area contributed by atoms with Crippen LogP contribution in [0.1, 0.15) is 5.56 Å². The monoisotopic (exact) mass is 216 g/mol. The molecule has 2 rings (SSSR count). The summed E-state index contributed by atoms with van der Waals surface area (Å²) in [5, 5.41) is 0. The number of aryl methyl sites for hydroxylation is 1. The quantitative estimate of drug-likeness (QED) is 0.822. The fourth-order valence-electron chi connectivity index (χ4n) is 1.53. The van der Waals surface area contributed by atoms with Crippen LogP contribution in [0, 0.1) is 6.92 Å². The summed E-state index contributed by atoms with van der Waals surface area (Å²) in [6.45, 7) is 1.95. The van der Waals surface area contributed by atoms with Gasteiger partial charge in [0.15, 0.2) is 0 Å². The number of nitrogen functional groups attached to an aromatic ring is 1. The number of methoxy groups -OCH3 is 1. The van der Waals surface area contributed by atoms with Crippen molar-refractivity contribution in [2.24, 2.45) is 0 Å². The lowest BCUT2D eigenvalue weighted by molar-refractivity contribution is 0.397. The minimum absolute atomic E-state index is 0.429. The van der Waals surface area contributed by atoms with Crippen LogP contribution in [0.4, 0.5) is 5.82 Å². The topological polar surface area (TPSA) is 73.9 Å². The Hall–Kier alpha value is -2.17. The van der Waals surface area contributed by atoms with E-state index in [4.69, 9.17) is 10.5 Å². The summed E-state index contributed by atoms with van der Waals surface area (Å²) in [5.74, 6) is 0.879. The molecule has 0 saturated carbocycles. The van der Waals surface area contributed by atoms with E-state index in [0.29, 0.717) is 17.4 Å². The molecule has 2 aromatic rings. The van der Waals surface area contributed by atoms with Gasteiger partial charge in [-0.05, 0) is 18.6 Å². The van der Waals surface area contributed by atoms with Crippen molar-refractivity contribution in [3.05, 3.63) is 30.2 Å². The molecule has 2 N–H and O–H groups in total. The lowest BCUT2D eigenvalue weighted by Gasteiger charge is -2.09. The molecule has 16 heavy (non-hydrogen) atoms. The van der Waals surface area contributed by atoms with Crippen LogP contribution in [0.15, 0.2) is 24.7 Å². The SMILES string of the molecule is COc1nccnc1-c1c(C)ccnc1N. The molecular formula is C11H12N4O. The number of aromatic nitrogens is 3. The highest BCUT2D eigenvalue weighted by molar-refractivity contribution is 5.76. The number of rotatable bonds is 2. The van der Waals surface area contributed by atoms with Gasteiger partial charge in [0.1, 0.15) is 11.5 Å². The van der Waals surface area contributed by atoms with E-state index < -0.39 is 0 Å². The van der Waals surface area contributed by atoms with E-state index in [2.05, 4.69) is 15.0 Å². The Labute approximate surface area is 93.3 Å². The van der Waals surface area contributed by atoms with Gasteiger partial charge in [-0.15, -0.1) is 0 Å². The molecule has 0 aliphatic carbocycles. The van der Waals surface area contributed by atoms with Crippen LogP contribution < -0.4 is 10.5 Å². The standard InChI is InChI=1S/C11H12N4O/c1-7-3-4-14-10(12)8(7)9-11(16-2)15-6-5-13-9/h3-6H,1-2H3,(H2,12,14). The maximum atomic E-state index is 5.84. The Morgan fingerprint density at radius 1 is 1.12 bits per heavy atom. The molecule has 2 aromatic heterocycles. The van der Waals surface area contributed by atoms with Crippen LogP contribution in [0.3, 0.4) is 0 Å². The third kappa shape index (κ3) is 1.67. The molecule has 5 heteroatoms. The average molecular weight is 216 g/mol. The van der Waals surface area contributed by atoms with Gasteiger partial charge in [0.25, 0.3) is 0 Å². The van der Waals surface area contributed by atoms with Gasteiger partial charge in [-0.25, -0.2) is 15.0 Å². The van der Waals surface area contributed by atoms with E-state index >= 15 is 0 Å². The van der Waals surface area contributed by atoms with Gasteiger partial charge < -0.3 is 10.5 Å². The third-order valence-electron chi connectivity index (χ3n) is 2.28. The number of hydrogen-bond acceptors (Lipinski definition) is 5. The maximum Gasteiger partial charge on any atom is 0.240 e. The second kappa shape index (κ2) is 4.14. The lowest BCUT2D eigenvalue weighted by Crippen LogP contribution is -2.00. The third-order valence-corrected chi connectivity index (χ3v) is 2.28. The second-order valence-electron chi connectivity index (χ2n) is 3.30. The van der Waals surface area contributed by atoms with Crippen LogP contribution in [-0.2, 0) is 0 Å². The highest BCUT2D eigenvalue weighted by atomic mass is 16.5. The molecule has 82 valence electrons. The zero-order valence-corrected chi connectivity index (χ0v) is 9.14. The summed E-state index contributed by atoms with van der Waals surface area (Å²) >= 11 is 0. The van der Waals surface area contributed by atoms with Crippen molar-refractivity contribution in [3.63, 3.8) is 0 Å². The first-order valence-electron chi connectivity index (χ1n) is 4.80. The highest BCUT2D eigenvalue weighted by Gasteiger charge is 2.14. The van der Waals surface area contributed by atoms with Crippen LogP contribution in [-0.4, -0.2) is 22.1 Å². The first-order chi connectivity index (χ1) is 7.74. The van der Waals surface area contributed by atoms with Crippen LogP contribution in [0.5, 0.6) is 5.88 Å². The number of anilines is 1. The van der Waals surface area contributed by atoms with E-state index in [1.54, 1.807) is 25.7 Å². The van der Waals surface area contributed by atoms with Gasteiger partial charge in [0, 0.05) is 18.6 Å². The molecule has 0 aliphatic rings. The van der Waals surface area contributed by atoms with Gasteiger partial charge in [-0.2, -0.15) is 0 Å². The Kier molecular flexibility index (Phi) is 2.68. The molecule has 0 radical (unpaired) electrons. The smallest absolute Gasteiger partial charge is 0.240 e. The van der Waals surface area contributed by atoms with Gasteiger partial charge >= 0.3 is 0 Å². The van der Waals surface area contributed by atoms with Crippen LogP contribution in [0.2, 0.25) is 0 Å². The minimum Gasteiger partial charge on any atom is -0.479 e. The summed E-state index contributed by atoms with van der Waals surface area (Å²) in [6.07, 6.45) is 4.84. The first-order valence-corrected chi connectivity index (χ1v) is 4.80. The van der Waals surface area contributed by atoms with Gasteiger partial charge in [-0.3, -0.25) is 0 Å². The number of nitrogens with zero attached hydrogens (tertiary/aromatic N) is 3. The molecule has 5 nitrogen and oxygen atoms in total. The van der Waals surface area contributed by atoms with E-state index in [1.807, 2.05) is 13.0 Å². The number of nitrogens with two attached hydrogens (primary N) is 1. The summed E-state index contributed by atoms with van der Waals surface area (Å²) in [5.41, 5.74) is 8.22.